The van der Waals surface area contributed by atoms with Crippen molar-refractivity contribution in [3.05, 3.63) is 29.0 Å². The first-order valence-electron chi connectivity index (χ1n) is 4.06. The summed E-state index contributed by atoms with van der Waals surface area (Å²) in [5.74, 6) is 0.435. The van der Waals surface area contributed by atoms with E-state index >= 15 is 0 Å². The van der Waals surface area contributed by atoms with E-state index in [1.165, 1.54) is 0 Å². The molecule has 0 amide bonds. The van der Waals surface area contributed by atoms with Crippen molar-refractivity contribution in [3.63, 3.8) is 0 Å². The standard InChI is InChI=1S/C9H10ClNO/c10-8-3-7(4-11-5-8)9(12)6-1-2-6/h3-6,9,12H,1-2H2. The number of halogens is 1. The average Bonchev–Trinajstić information content (AvgIpc) is 2.85. The summed E-state index contributed by atoms with van der Waals surface area (Å²) in [5.41, 5.74) is 0.838. The van der Waals surface area contributed by atoms with E-state index in [2.05, 4.69) is 4.98 Å². The lowest BCUT2D eigenvalue weighted by Crippen LogP contribution is -1.99. The highest BCUT2D eigenvalue weighted by Gasteiger charge is 2.30. The summed E-state index contributed by atoms with van der Waals surface area (Å²) in [6, 6.07) is 1.78. The van der Waals surface area contributed by atoms with Gasteiger partial charge in [0.15, 0.2) is 0 Å². The summed E-state index contributed by atoms with van der Waals surface area (Å²) < 4.78 is 0. The fraction of sp³-hybridized carbons (Fsp3) is 0.444. The summed E-state index contributed by atoms with van der Waals surface area (Å²) in [5, 5.41) is 10.3. The van der Waals surface area contributed by atoms with Gasteiger partial charge in [-0.15, -0.1) is 0 Å². The molecule has 1 aromatic rings. The van der Waals surface area contributed by atoms with Crippen LogP contribution in [0.25, 0.3) is 0 Å². The van der Waals surface area contributed by atoms with Gasteiger partial charge in [0.2, 0.25) is 0 Å². The SMILES string of the molecule is OC(c1cncc(Cl)c1)C1CC1. The molecule has 12 heavy (non-hydrogen) atoms. The quantitative estimate of drug-likeness (QED) is 0.763. The molecule has 0 aliphatic heterocycles. The minimum Gasteiger partial charge on any atom is -0.388 e. The Bertz CT molecular complexity index is 286. The van der Waals surface area contributed by atoms with Crippen LogP contribution in [0.4, 0.5) is 0 Å². The Hall–Kier alpha value is -0.600. The van der Waals surface area contributed by atoms with Crippen molar-refractivity contribution in [2.24, 2.45) is 5.92 Å². The lowest BCUT2D eigenvalue weighted by molar-refractivity contribution is 0.153. The molecule has 1 fully saturated rings. The van der Waals surface area contributed by atoms with E-state index in [4.69, 9.17) is 11.6 Å². The maximum atomic E-state index is 9.69. The Morgan fingerprint density at radius 3 is 2.83 bits per heavy atom. The Balaban J connectivity index is 2.20. The highest BCUT2D eigenvalue weighted by atomic mass is 35.5. The van der Waals surface area contributed by atoms with Crippen LogP contribution in [-0.4, -0.2) is 10.1 Å². The van der Waals surface area contributed by atoms with E-state index in [0.717, 1.165) is 18.4 Å². The fourth-order valence-corrected chi connectivity index (χ4v) is 1.46. The number of aromatic nitrogens is 1. The maximum absolute atomic E-state index is 9.69. The van der Waals surface area contributed by atoms with Gasteiger partial charge in [0.1, 0.15) is 0 Å². The van der Waals surface area contributed by atoms with E-state index in [1.54, 1.807) is 18.5 Å². The van der Waals surface area contributed by atoms with Crippen molar-refractivity contribution in [1.29, 1.82) is 0 Å². The maximum Gasteiger partial charge on any atom is 0.0833 e. The smallest absolute Gasteiger partial charge is 0.0833 e. The van der Waals surface area contributed by atoms with Crippen LogP contribution in [0.5, 0.6) is 0 Å². The van der Waals surface area contributed by atoms with Gasteiger partial charge < -0.3 is 5.11 Å². The van der Waals surface area contributed by atoms with Gasteiger partial charge in [-0.2, -0.15) is 0 Å². The van der Waals surface area contributed by atoms with E-state index in [1.807, 2.05) is 0 Å². The van der Waals surface area contributed by atoms with Crippen molar-refractivity contribution in [3.8, 4) is 0 Å². The third kappa shape index (κ3) is 1.59. The van der Waals surface area contributed by atoms with Gasteiger partial charge in [0, 0.05) is 18.0 Å². The molecule has 0 bridgehead atoms. The van der Waals surface area contributed by atoms with Crippen molar-refractivity contribution < 1.29 is 5.11 Å². The normalized spacial score (nSPS) is 19.2. The molecule has 0 radical (unpaired) electrons. The third-order valence-electron chi connectivity index (χ3n) is 2.14. The van der Waals surface area contributed by atoms with Crippen LogP contribution in [0.1, 0.15) is 24.5 Å². The number of rotatable bonds is 2. The van der Waals surface area contributed by atoms with Crippen molar-refractivity contribution in [1.82, 2.24) is 4.98 Å². The highest BCUT2D eigenvalue weighted by Crippen LogP contribution is 2.40. The van der Waals surface area contributed by atoms with Crippen LogP contribution < -0.4 is 0 Å². The van der Waals surface area contributed by atoms with Crippen molar-refractivity contribution in [2.75, 3.05) is 0 Å². The molecule has 3 heteroatoms. The van der Waals surface area contributed by atoms with Crippen molar-refractivity contribution in [2.45, 2.75) is 18.9 Å². The molecule has 64 valence electrons. The zero-order chi connectivity index (χ0) is 8.55. The summed E-state index contributed by atoms with van der Waals surface area (Å²) in [4.78, 5) is 3.92. The van der Waals surface area contributed by atoms with Crippen LogP contribution in [0, 0.1) is 5.92 Å². The van der Waals surface area contributed by atoms with E-state index in [9.17, 15) is 5.11 Å². The second kappa shape index (κ2) is 3.04. The Kier molecular flexibility index (Phi) is 2.03. The minimum absolute atomic E-state index is 0.365. The van der Waals surface area contributed by atoms with Gasteiger partial charge in [0.25, 0.3) is 0 Å². The van der Waals surface area contributed by atoms with E-state index in [0.29, 0.717) is 10.9 Å². The van der Waals surface area contributed by atoms with Gasteiger partial charge in [0.05, 0.1) is 11.1 Å². The molecule has 0 aromatic carbocycles. The number of nitrogens with zero attached hydrogens (tertiary/aromatic N) is 1. The Morgan fingerprint density at radius 2 is 2.25 bits per heavy atom. The zero-order valence-corrected chi connectivity index (χ0v) is 7.33. The van der Waals surface area contributed by atoms with Gasteiger partial charge in [-0.05, 0) is 24.8 Å². The molecule has 1 aliphatic rings. The van der Waals surface area contributed by atoms with Gasteiger partial charge in [-0.3, -0.25) is 4.98 Å². The predicted octanol–water partition coefficient (Wildman–Crippen LogP) is 2.18. The molecule has 1 heterocycles. The number of aliphatic hydroxyl groups is 1. The molecule has 1 N–H and O–H groups in total. The number of pyridine rings is 1. The fourth-order valence-electron chi connectivity index (χ4n) is 1.27. The molecule has 1 atom stereocenters. The number of aliphatic hydroxyl groups excluding tert-OH is 1. The van der Waals surface area contributed by atoms with Crippen LogP contribution >= 0.6 is 11.6 Å². The molecule has 2 rings (SSSR count). The van der Waals surface area contributed by atoms with Crippen LogP contribution in [0.2, 0.25) is 5.02 Å². The monoisotopic (exact) mass is 183 g/mol. The second-order valence-corrected chi connectivity index (χ2v) is 3.66. The highest BCUT2D eigenvalue weighted by molar-refractivity contribution is 6.30. The topological polar surface area (TPSA) is 33.1 Å². The zero-order valence-electron chi connectivity index (χ0n) is 6.57. The molecule has 0 spiro atoms. The molecule has 0 saturated heterocycles. The van der Waals surface area contributed by atoms with E-state index in [-0.39, 0.29) is 6.10 Å². The lowest BCUT2D eigenvalue weighted by atomic mass is 10.1. The lowest BCUT2D eigenvalue weighted by Gasteiger charge is -2.08. The first kappa shape index (κ1) is 8.02. The summed E-state index contributed by atoms with van der Waals surface area (Å²) in [6.07, 6.45) is 5.12. The van der Waals surface area contributed by atoms with Crippen LogP contribution in [0.3, 0.4) is 0 Å². The van der Waals surface area contributed by atoms with Gasteiger partial charge >= 0.3 is 0 Å². The first-order valence-corrected chi connectivity index (χ1v) is 4.43. The summed E-state index contributed by atoms with van der Waals surface area (Å²) in [6.45, 7) is 0. The van der Waals surface area contributed by atoms with Crippen molar-refractivity contribution >= 4 is 11.6 Å². The van der Waals surface area contributed by atoms with Gasteiger partial charge in [-0.1, -0.05) is 11.6 Å². The van der Waals surface area contributed by atoms with Crippen LogP contribution in [-0.2, 0) is 0 Å². The molecule has 1 unspecified atom stereocenters. The number of hydrogen-bond donors (Lipinski definition) is 1. The van der Waals surface area contributed by atoms with Gasteiger partial charge in [-0.25, -0.2) is 0 Å². The first-order chi connectivity index (χ1) is 5.77. The molecular formula is C9H10ClNO. The number of hydrogen-bond acceptors (Lipinski definition) is 2. The van der Waals surface area contributed by atoms with Crippen LogP contribution in [0.15, 0.2) is 18.5 Å². The summed E-state index contributed by atoms with van der Waals surface area (Å²) >= 11 is 5.74. The third-order valence-corrected chi connectivity index (χ3v) is 2.34. The largest absolute Gasteiger partial charge is 0.388 e. The molecule has 1 aromatic heterocycles. The van der Waals surface area contributed by atoms with E-state index < -0.39 is 0 Å². The minimum atomic E-state index is -0.365. The average molecular weight is 184 g/mol. The second-order valence-electron chi connectivity index (χ2n) is 3.22. The molecular weight excluding hydrogens is 174 g/mol. The molecule has 2 nitrogen and oxygen atoms in total. The molecule has 1 aliphatic carbocycles. The summed E-state index contributed by atoms with van der Waals surface area (Å²) in [7, 11) is 0. The predicted molar refractivity (Wildman–Crippen MR) is 46.9 cm³/mol. The molecule has 1 saturated carbocycles. The Morgan fingerprint density at radius 1 is 1.50 bits per heavy atom. The Labute approximate surface area is 76.2 Å².